The number of anilines is 1. The molecule has 0 bridgehead atoms. The zero-order valence-corrected chi connectivity index (χ0v) is 8.28. The molecule has 1 rings (SSSR count). The Hall–Kier alpha value is -1.08. The van der Waals surface area contributed by atoms with E-state index in [0.717, 1.165) is 6.20 Å². The van der Waals surface area contributed by atoms with Crippen LogP contribution >= 0.6 is 23.2 Å². The molecule has 0 atom stereocenters. The van der Waals surface area contributed by atoms with Gasteiger partial charge in [-0.3, -0.25) is 4.79 Å². The van der Waals surface area contributed by atoms with E-state index in [2.05, 4.69) is 9.97 Å². The summed E-state index contributed by atoms with van der Waals surface area (Å²) in [5, 5.41) is 0.898. The van der Waals surface area contributed by atoms with Crippen molar-refractivity contribution in [2.75, 3.05) is 5.32 Å². The second kappa shape index (κ2) is 5.31. The summed E-state index contributed by atoms with van der Waals surface area (Å²) in [5.74, 6) is -2.16. The lowest BCUT2D eigenvalue weighted by molar-refractivity contribution is -0.167. The fourth-order valence-corrected chi connectivity index (χ4v) is 0.971. The maximum atomic E-state index is 11.8. The van der Waals surface area contributed by atoms with Crippen molar-refractivity contribution in [2.24, 2.45) is 0 Å². The largest absolute Gasteiger partial charge is 0.471 e. The highest BCUT2D eigenvalue weighted by atomic mass is 35.5. The maximum Gasteiger partial charge on any atom is 0.471 e. The summed E-state index contributed by atoms with van der Waals surface area (Å²) >= 11 is 10.7. The fraction of sp³-hybridized carbons (Fsp3) is 0.286. The van der Waals surface area contributed by atoms with Crippen LogP contribution < -0.4 is 5.32 Å². The molecule has 0 saturated heterocycles. The normalized spacial score (nSPS) is 10.6. The van der Waals surface area contributed by atoms with Gasteiger partial charge < -0.3 is 5.32 Å². The summed E-state index contributed by atoms with van der Waals surface area (Å²) < 4.78 is 35.5. The van der Waals surface area contributed by atoms with Crippen molar-refractivity contribution in [1.82, 2.24) is 9.97 Å². The van der Waals surface area contributed by atoms with Crippen LogP contribution in [-0.4, -0.2) is 22.1 Å². The summed E-state index contributed by atoms with van der Waals surface area (Å²) in [6.45, 7) is 0. The molecule has 1 aromatic heterocycles. The van der Waals surface area contributed by atoms with Crippen molar-refractivity contribution in [2.45, 2.75) is 13.6 Å². The Morgan fingerprint density at radius 1 is 1.38 bits per heavy atom. The SMILES string of the molecule is C.O=C(Nc1cnc(Cl)nc1Cl)C(F)(F)F. The van der Waals surface area contributed by atoms with Crippen molar-refractivity contribution in [3.8, 4) is 0 Å². The summed E-state index contributed by atoms with van der Waals surface area (Å²) in [6, 6.07) is 0. The van der Waals surface area contributed by atoms with Gasteiger partial charge in [0.25, 0.3) is 0 Å². The van der Waals surface area contributed by atoms with E-state index in [0.29, 0.717) is 0 Å². The molecule has 0 aliphatic carbocycles. The third kappa shape index (κ3) is 3.82. The predicted molar refractivity (Wildman–Crippen MR) is 53.5 cm³/mol. The molecule has 90 valence electrons. The Morgan fingerprint density at radius 3 is 2.38 bits per heavy atom. The number of halogens is 5. The molecule has 9 heteroatoms. The van der Waals surface area contributed by atoms with E-state index in [1.165, 1.54) is 5.32 Å². The van der Waals surface area contributed by atoms with Crippen molar-refractivity contribution in [1.29, 1.82) is 0 Å². The quantitative estimate of drug-likeness (QED) is 0.633. The van der Waals surface area contributed by atoms with E-state index >= 15 is 0 Å². The highest BCUT2D eigenvalue weighted by Gasteiger charge is 2.39. The summed E-state index contributed by atoms with van der Waals surface area (Å²) in [5.41, 5.74) is -0.358. The van der Waals surface area contributed by atoms with Crippen molar-refractivity contribution in [3.05, 3.63) is 16.6 Å². The molecule has 0 aliphatic heterocycles. The Bertz CT molecular complexity index is 397. The third-order valence-corrected chi connectivity index (χ3v) is 1.69. The number of nitrogens with zero attached hydrogens (tertiary/aromatic N) is 2. The molecule has 0 unspecified atom stereocenters. The molecule has 0 aliphatic rings. The molecule has 1 amide bonds. The standard InChI is InChI=1S/C6H2Cl2F3N3O.CH4/c7-3-2(1-12-5(8)14-3)13-4(15)6(9,10)11;/h1H,(H,13,15);1H4. The van der Waals surface area contributed by atoms with E-state index in [9.17, 15) is 18.0 Å². The van der Waals surface area contributed by atoms with Gasteiger partial charge in [-0.2, -0.15) is 13.2 Å². The van der Waals surface area contributed by atoms with Gasteiger partial charge in [-0.1, -0.05) is 19.0 Å². The maximum absolute atomic E-state index is 11.8. The smallest absolute Gasteiger partial charge is 0.314 e. The van der Waals surface area contributed by atoms with Crippen LogP contribution in [0.4, 0.5) is 18.9 Å². The monoisotopic (exact) mass is 275 g/mol. The lowest BCUT2D eigenvalue weighted by Crippen LogP contribution is -2.30. The van der Waals surface area contributed by atoms with E-state index in [4.69, 9.17) is 23.2 Å². The molecule has 16 heavy (non-hydrogen) atoms. The van der Waals surface area contributed by atoms with Gasteiger partial charge in [-0.05, 0) is 11.6 Å². The summed E-state index contributed by atoms with van der Waals surface area (Å²) in [4.78, 5) is 17.2. The van der Waals surface area contributed by atoms with Gasteiger partial charge in [0.1, 0.15) is 0 Å². The second-order valence-electron chi connectivity index (χ2n) is 2.30. The number of amides is 1. The van der Waals surface area contributed by atoms with Gasteiger partial charge in [0.2, 0.25) is 5.28 Å². The Morgan fingerprint density at radius 2 is 1.94 bits per heavy atom. The van der Waals surface area contributed by atoms with Gasteiger partial charge in [-0.15, -0.1) is 0 Å². The first-order chi connectivity index (χ1) is 6.80. The van der Waals surface area contributed by atoms with Crippen molar-refractivity contribution < 1.29 is 18.0 Å². The van der Waals surface area contributed by atoms with Gasteiger partial charge in [0.15, 0.2) is 5.15 Å². The van der Waals surface area contributed by atoms with E-state index < -0.39 is 12.1 Å². The number of hydrogen-bond acceptors (Lipinski definition) is 3. The molecule has 1 heterocycles. The van der Waals surface area contributed by atoms with Crippen LogP contribution in [0.25, 0.3) is 0 Å². The van der Waals surface area contributed by atoms with Crippen LogP contribution in [0.3, 0.4) is 0 Å². The van der Waals surface area contributed by atoms with Crippen LogP contribution in [0.15, 0.2) is 6.20 Å². The average molecular weight is 276 g/mol. The van der Waals surface area contributed by atoms with Gasteiger partial charge in [0.05, 0.1) is 11.9 Å². The van der Waals surface area contributed by atoms with Crippen LogP contribution in [0, 0.1) is 0 Å². The molecule has 0 saturated carbocycles. The average Bonchev–Trinajstić information content (AvgIpc) is 2.08. The molecule has 0 fully saturated rings. The number of nitrogens with one attached hydrogen (secondary N) is 1. The van der Waals surface area contributed by atoms with Crippen LogP contribution in [0.5, 0.6) is 0 Å². The molecule has 1 aromatic rings. The first-order valence-electron chi connectivity index (χ1n) is 3.37. The predicted octanol–water partition coefficient (Wildman–Crippen LogP) is 2.92. The van der Waals surface area contributed by atoms with Crippen LogP contribution in [0.1, 0.15) is 7.43 Å². The molecule has 1 N–H and O–H groups in total. The van der Waals surface area contributed by atoms with E-state index in [1.54, 1.807) is 0 Å². The molecule has 0 spiro atoms. The molecule has 0 aromatic carbocycles. The minimum absolute atomic E-state index is 0. The molecular formula is C7H6Cl2F3N3O. The number of hydrogen-bond donors (Lipinski definition) is 1. The Balaban J connectivity index is 0.00000225. The number of rotatable bonds is 1. The van der Waals surface area contributed by atoms with Gasteiger partial charge in [0, 0.05) is 0 Å². The first-order valence-corrected chi connectivity index (χ1v) is 4.12. The number of alkyl halides is 3. The lowest BCUT2D eigenvalue weighted by atomic mass is 10.5. The molecule has 4 nitrogen and oxygen atoms in total. The van der Waals surface area contributed by atoms with E-state index in [1.807, 2.05) is 0 Å². The Labute approximate surface area is 98.8 Å². The topological polar surface area (TPSA) is 54.9 Å². The van der Waals surface area contributed by atoms with Crippen LogP contribution in [-0.2, 0) is 4.79 Å². The van der Waals surface area contributed by atoms with Crippen LogP contribution in [0.2, 0.25) is 10.4 Å². The molecule has 0 radical (unpaired) electrons. The van der Waals surface area contributed by atoms with Crippen molar-refractivity contribution in [3.63, 3.8) is 0 Å². The highest BCUT2D eigenvalue weighted by molar-refractivity contribution is 6.34. The second-order valence-corrected chi connectivity index (χ2v) is 2.99. The van der Waals surface area contributed by atoms with Gasteiger partial charge >= 0.3 is 12.1 Å². The molecular weight excluding hydrogens is 270 g/mol. The number of carbonyl (C=O) groups is 1. The Kier molecular flexibility index (Phi) is 4.95. The number of aromatic nitrogens is 2. The fourth-order valence-electron chi connectivity index (χ4n) is 0.618. The summed E-state index contributed by atoms with van der Waals surface area (Å²) in [7, 11) is 0. The third-order valence-electron chi connectivity index (χ3n) is 1.22. The number of carbonyl (C=O) groups excluding carboxylic acids is 1. The first kappa shape index (κ1) is 14.9. The van der Waals surface area contributed by atoms with Crippen molar-refractivity contribution >= 4 is 34.8 Å². The minimum Gasteiger partial charge on any atom is -0.314 e. The van der Waals surface area contributed by atoms with Gasteiger partial charge in [-0.25, -0.2) is 9.97 Å². The highest BCUT2D eigenvalue weighted by Crippen LogP contribution is 2.22. The lowest BCUT2D eigenvalue weighted by Gasteiger charge is -2.07. The minimum atomic E-state index is -5.00. The zero-order valence-electron chi connectivity index (χ0n) is 6.77. The van der Waals surface area contributed by atoms with E-state index in [-0.39, 0.29) is 23.6 Å². The summed E-state index contributed by atoms with van der Waals surface area (Å²) in [6.07, 6.45) is -4.12. The zero-order chi connectivity index (χ0) is 11.6.